The molecule has 0 atom stereocenters. The van der Waals surface area contributed by atoms with Crippen LogP contribution in [0.4, 0.5) is 0 Å². The summed E-state index contributed by atoms with van der Waals surface area (Å²) in [7, 11) is 0. The number of aromatic nitrogens is 1. The number of ether oxygens (including phenoxy) is 1. The van der Waals surface area contributed by atoms with E-state index in [2.05, 4.69) is 16.1 Å². The van der Waals surface area contributed by atoms with Crippen LogP contribution < -0.4 is 4.74 Å². The molecule has 72 valence electrons. The molecule has 0 saturated carbocycles. The zero-order valence-electron chi connectivity index (χ0n) is 7.44. The molecule has 0 aromatic carbocycles. The summed E-state index contributed by atoms with van der Waals surface area (Å²) >= 11 is 3.50. The number of nitrogens with zero attached hydrogens (tertiary/aromatic N) is 1. The summed E-state index contributed by atoms with van der Waals surface area (Å²) < 4.78 is 9.62. The van der Waals surface area contributed by atoms with Crippen LogP contribution in [0.3, 0.4) is 0 Å². The van der Waals surface area contributed by atoms with E-state index in [1.54, 1.807) is 6.20 Å². The summed E-state index contributed by atoms with van der Waals surface area (Å²) in [6.45, 7) is 0.874. The van der Waals surface area contributed by atoms with Crippen molar-refractivity contribution < 1.29 is 4.74 Å². The quantitative estimate of drug-likeness (QED) is 0.774. The summed E-state index contributed by atoms with van der Waals surface area (Å²) in [6.07, 6.45) is 4.41. The van der Waals surface area contributed by atoms with E-state index in [0.29, 0.717) is 0 Å². The van der Waals surface area contributed by atoms with Gasteiger partial charge in [0, 0.05) is 0 Å². The zero-order chi connectivity index (χ0) is 8.93. The Morgan fingerprint density at radius 1 is 1.46 bits per heavy atom. The molecule has 0 aliphatic carbocycles. The third kappa shape index (κ3) is 2.88. The van der Waals surface area contributed by atoms with Crippen LogP contribution >= 0.6 is 23.3 Å². The number of hydrogen-bond acceptors (Lipinski definition) is 4. The van der Waals surface area contributed by atoms with E-state index < -0.39 is 0 Å². The van der Waals surface area contributed by atoms with Crippen molar-refractivity contribution in [3.8, 4) is 5.75 Å². The van der Waals surface area contributed by atoms with Gasteiger partial charge in [-0.3, -0.25) is 0 Å². The van der Waals surface area contributed by atoms with Crippen LogP contribution in [-0.4, -0.2) is 22.5 Å². The second-order valence-electron chi connectivity index (χ2n) is 3.23. The third-order valence-corrected chi connectivity index (χ3v) is 3.85. The number of thioether (sulfide) groups is 1. The Morgan fingerprint density at radius 2 is 2.31 bits per heavy atom. The van der Waals surface area contributed by atoms with Crippen molar-refractivity contribution in [2.45, 2.75) is 12.8 Å². The standard InChI is InChI=1S/C9H13NOS2/c1-3-12-4-2-8(1)6-11-9-5-10-13-7-9/h5,7-8H,1-4,6H2. The summed E-state index contributed by atoms with van der Waals surface area (Å²) in [6, 6.07) is 0. The van der Waals surface area contributed by atoms with E-state index in [-0.39, 0.29) is 0 Å². The van der Waals surface area contributed by atoms with Crippen molar-refractivity contribution in [1.82, 2.24) is 4.37 Å². The van der Waals surface area contributed by atoms with E-state index in [9.17, 15) is 0 Å². The minimum Gasteiger partial charge on any atom is -0.491 e. The molecular weight excluding hydrogens is 202 g/mol. The minimum atomic E-state index is 0.765. The predicted molar refractivity (Wildman–Crippen MR) is 57.7 cm³/mol. The fourth-order valence-electron chi connectivity index (χ4n) is 1.39. The first kappa shape index (κ1) is 9.34. The van der Waals surface area contributed by atoms with Crippen LogP contribution in [0.25, 0.3) is 0 Å². The molecule has 4 heteroatoms. The molecule has 0 amide bonds. The normalized spacial score (nSPS) is 18.8. The average molecular weight is 215 g/mol. The molecule has 0 spiro atoms. The van der Waals surface area contributed by atoms with Gasteiger partial charge in [0.2, 0.25) is 0 Å². The van der Waals surface area contributed by atoms with Crippen molar-refractivity contribution >= 4 is 23.3 Å². The molecular formula is C9H13NOS2. The fourth-order valence-corrected chi connectivity index (χ4v) is 3.06. The maximum atomic E-state index is 5.62. The SMILES string of the molecule is c1nscc1OCC1CCSCC1. The molecule has 0 unspecified atom stereocenters. The van der Waals surface area contributed by atoms with Gasteiger partial charge in [-0.15, -0.1) is 0 Å². The monoisotopic (exact) mass is 215 g/mol. The lowest BCUT2D eigenvalue weighted by Gasteiger charge is -2.20. The molecule has 0 bridgehead atoms. The van der Waals surface area contributed by atoms with Crippen LogP contribution in [0.2, 0.25) is 0 Å². The van der Waals surface area contributed by atoms with E-state index >= 15 is 0 Å². The molecule has 13 heavy (non-hydrogen) atoms. The molecule has 1 aromatic heterocycles. The van der Waals surface area contributed by atoms with Gasteiger partial charge in [-0.2, -0.15) is 16.1 Å². The van der Waals surface area contributed by atoms with Gasteiger partial charge in [-0.1, -0.05) is 0 Å². The molecule has 1 aromatic rings. The Morgan fingerprint density at radius 3 is 3.00 bits per heavy atom. The molecule has 0 N–H and O–H groups in total. The van der Waals surface area contributed by atoms with Crippen LogP contribution in [0.15, 0.2) is 11.6 Å². The first-order valence-corrected chi connectivity index (χ1v) is 6.54. The second-order valence-corrected chi connectivity index (χ2v) is 5.11. The van der Waals surface area contributed by atoms with Gasteiger partial charge < -0.3 is 4.74 Å². The van der Waals surface area contributed by atoms with Gasteiger partial charge in [-0.25, -0.2) is 0 Å². The molecule has 2 rings (SSSR count). The summed E-state index contributed by atoms with van der Waals surface area (Å²) in [4.78, 5) is 0. The minimum absolute atomic E-state index is 0.765. The van der Waals surface area contributed by atoms with Gasteiger partial charge in [0.15, 0.2) is 0 Å². The number of rotatable bonds is 3. The highest BCUT2D eigenvalue weighted by atomic mass is 32.2. The van der Waals surface area contributed by atoms with E-state index in [4.69, 9.17) is 4.74 Å². The van der Waals surface area contributed by atoms with Crippen molar-refractivity contribution in [2.24, 2.45) is 5.92 Å². The molecule has 2 heterocycles. The highest BCUT2D eigenvalue weighted by molar-refractivity contribution is 7.99. The highest BCUT2D eigenvalue weighted by Gasteiger charge is 2.14. The maximum absolute atomic E-state index is 5.62. The summed E-state index contributed by atoms with van der Waals surface area (Å²) in [5, 5.41) is 1.96. The Hall–Kier alpha value is -0.220. The maximum Gasteiger partial charge on any atom is 0.149 e. The topological polar surface area (TPSA) is 22.1 Å². The second kappa shape index (κ2) is 4.86. The molecule has 0 radical (unpaired) electrons. The van der Waals surface area contributed by atoms with Crippen LogP contribution in [-0.2, 0) is 0 Å². The number of hydrogen-bond donors (Lipinski definition) is 0. The fraction of sp³-hybridized carbons (Fsp3) is 0.667. The van der Waals surface area contributed by atoms with Crippen LogP contribution in [0, 0.1) is 5.92 Å². The summed E-state index contributed by atoms with van der Waals surface area (Å²) in [5.74, 6) is 4.30. The zero-order valence-corrected chi connectivity index (χ0v) is 9.07. The van der Waals surface area contributed by atoms with Crippen molar-refractivity contribution in [2.75, 3.05) is 18.1 Å². The molecule has 1 saturated heterocycles. The van der Waals surface area contributed by atoms with E-state index in [1.807, 2.05) is 5.38 Å². The first-order chi connectivity index (χ1) is 6.45. The molecule has 1 fully saturated rings. The lowest BCUT2D eigenvalue weighted by Crippen LogP contribution is -2.17. The van der Waals surface area contributed by atoms with Gasteiger partial charge in [0.05, 0.1) is 18.2 Å². The summed E-state index contributed by atoms with van der Waals surface area (Å²) in [5.41, 5.74) is 0. The third-order valence-electron chi connectivity index (χ3n) is 2.24. The first-order valence-electron chi connectivity index (χ1n) is 4.55. The van der Waals surface area contributed by atoms with Gasteiger partial charge in [0.25, 0.3) is 0 Å². The average Bonchev–Trinajstić information content (AvgIpc) is 2.69. The smallest absolute Gasteiger partial charge is 0.149 e. The lowest BCUT2D eigenvalue weighted by atomic mass is 10.0. The largest absolute Gasteiger partial charge is 0.491 e. The van der Waals surface area contributed by atoms with Gasteiger partial charge >= 0.3 is 0 Å². The van der Waals surface area contributed by atoms with E-state index in [1.165, 1.54) is 35.9 Å². The molecule has 1 aliphatic rings. The van der Waals surface area contributed by atoms with Crippen molar-refractivity contribution in [3.63, 3.8) is 0 Å². The van der Waals surface area contributed by atoms with E-state index in [0.717, 1.165) is 18.3 Å². The highest BCUT2D eigenvalue weighted by Crippen LogP contribution is 2.23. The lowest BCUT2D eigenvalue weighted by molar-refractivity contribution is 0.240. The Balaban J connectivity index is 1.72. The predicted octanol–water partition coefficient (Wildman–Crippen LogP) is 2.67. The molecule has 2 nitrogen and oxygen atoms in total. The van der Waals surface area contributed by atoms with Crippen molar-refractivity contribution in [3.05, 3.63) is 11.6 Å². The van der Waals surface area contributed by atoms with Gasteiger partial charge in [-0.05, 0) is 41.8 Å². The van der Waals surface area contributed by atoms with Crippen LogP contribution in [0.5, 0.6) is 5.75 Å². The Bertz CT molecular complexity index is 232. The molecule has 1 aliphatic heterocycles. The van der Waals surface area contributed by atoms with Crippen LogP contribution in [0.1, 0.15) is 12.8 Å². The Labute approximate surface area is 86.9 Å². The Kier molecular flexibility index (Phi) is 3.49. The van der Waals surface area contributed by atoms with Gasteiger partial charge in [0.1, 0.15) is 5.75 Å². The van der Waals surface area contributed by atoms with Crippen molar-refractivity contribution in [1.29, 1.82) is 0 Å².